The second kappa shape index (κ2) is 5.71. The summed E-state index contributed by atoms with van der Waals surface area (Å²) < 4.78 is 0. The van der Waals surface area contributed by atoms with Crippen molar-refractivity contribution >= 4 is 40.9 Å². The van der Waals surface area contributed by atoms with Crippen LogP contribution in [0.25, 0.3) is 0 Å². The average molecular weight is 285 g/mol. The van der Waals surface area contributed by atoms with Gasteiger partial charge >= 0.3 is 0 Å². The molecule has 0 aromatic carbocycles. The number of carbonyl (C=O) groups excluding carboxylic acids is 2. The van der Waals surface area contributed by atoms with E-state index in [1.54, 1.807) is 0 Å². The van der Waals surface area contributed by atoms with Gasteiger partial charge < -0.3 is 10.6 Å². The summed E-state index contributed by atoms with van der Waals surface area (Å²) in [7, 11) is 0. The molecule has 5 nitrogen and oxygen atoms in total. The lowest BCUT2D eigenvalue weighted by molar-refractivity contribution is -0.124. The Bertz CT molecular complexity index is 457. The number of anilines is 1. The minimum absolute atomic E-state index is 0.248. The highest BCUT2D eigenvalue weighted by Gasteiger charge is 2.26. The fourth-order valence-corrected chi connectivity index (χ4v) is 2.59. The van der Waals surface area contributed by atoms with Gasteiger partial charge in [-0.15, -0.1) is 11.3 Å². The number of aromatic nitrogens is 1. The van der Waals surface area contributed by atoms with E-state index < -0.39 is 6.04 Å². The first-order valence-corrected chi connectivity index (χ1v) is 7.25. The van der Waals surface area contributed by atoms with Gasteiger partial charge in [0.05, 0.1) is 5.69 Å². The zero-order chi connectivity index (χ0) is 13.1. The lowest BCUT2D eigenvalue weighted by Crippen LogP contribution is -2.44. The Balaban J connectivity index is 1.93. The van der Waals surface area contributed by atoms with Crippen LogP contribution in [0, 0.1) is 0 Å². The second-order valence-electron chi connectivity index (χ2n) is 4.28. The fourth-order valence-electron chi connectivity index (χ4n) is 1.54. The molecule has 0 bridgehead atoms. The largest absolute Gasteiger partial charge is 0.344 e. The smallest absolute Gasteiger partial charge is 0.249 e. The summed E-state index contributed by atoms with van der Waals surface area (Å²) in [6.45, 7) is 1.37. The molecule has 7 heteroatoms. The van der Waals surface area contributed by atoms with Gasteiger partial charge in [0.2, 0.25) is 11.8 Å². The molecule has 0 radical (unpaired) electrons. The third kappa shape index (κ3) is 3.46. The first kappa shape index (κ1) is 13.4. The lowest BCUT2D eigenvalue weighted by Gasteiger charge is -2.13. The molecule has 2 rings (SSSR count). The van der Waals surface area contributed by atoms with Gasteiger partial charge in [-0.1, -0.05) is 0 Å². The summed E-state index contributed by atoms with van der Waals surface area (Å²) in [5.74, 6) is 0.300. The van der Waals surface area contributed by atoms with E-state index in [0.29, 0.717) is 11.0 Å². The van der Waals surface area contributed by atoms with Crippen LogP contribution in [-0.2, 0) is 9.59 Å². The molecule has 0 aliphatic heterocycles. The highest BCUT2D eigenvalue weighted by molar-refractivity contribution is 7.80. The Morgan fingerprint density at radius 2 is 2.33 bits per heavy atom. The fraction of sp³-hybridized carbons (Fsp3) is 0.545. The Morgan fingerprint density at radius 1 is 1.61 bits per heavy atom. The molecule has 98 valence electrons. The molecule has 0 spiro atoms. The minimum Gasteiger partial charge on any atom is -0.344 e. The lowest BCUT2D eigenvalue weighted by atomic mass is 10.3. The molecule has 1 aliphatic rings. The first-order valence-electron chi connectivity index (χ1n) is 5.74. The molecule has 2 amide bonds. The summed E-state index contributed by atoms with van der Waals surface area (Å²) in [5, 5.41) is 7.80. The van der Waals surface area contributed by atoms with E-state index in [2.05, 4.69) is 28.2 Å². The maximum Gasteiger partial charge on any atom is 0.249 e. The summed E-state index contributed by atoms with van der Waals surface area (Å²) in [5.41, 5.74) is 1.05. The number of thiazole rings is 1. The molecule has 0 saturated heterocycles. The number of thiol groups is 1. The van der Waals surface area contributed by atoms with Crippen LogP contribution >= 0.6 is 24.0 Å². The molecule has 2 N–H and O–H groups in total. The predicted molar refractivity (Wildman–Crippen MR) is 74.2 cm³/mol. The standard InChI is InChI=1S/C11H15N3O2S2/c1-6(15)12-8(4-17)10(16)14-11-13-9(5-18-11)7-2-3-7/h5,7-8,17H,2-4H2,1H3,(H,12,15)(H,13,14,16). The first-order chi connectivity index (χ1) is 8.60. The van der Waals surface area contributed by atoms with Crippen LogP contribution in [0.4, 0.5) is 5.13 Å². The van der Waals surface area contributed by atoms with Crippen LogP contribution in [0.3, 0.4) is 0 Å². The minimum atomic E-state index is -0.626. The van der Waals surface area contributed by atoms with Crippen molar-refractivity contribution < 1.29 is 9.59 Å². The van der Waals surface area contributed by atoms with E-state index in [-0.39, 0.29) is 17.6 Å². The van der Waals surface area contributed by atoms with Crippen LogP contribution in [0.2, 0.25) is 0 Å². The molecule has 1 saturated carbocycles. The van der Waals surface area contributed by atoms with E-state index >= 15 is 0 Å². The number of rotatable bonds is 5. The summed E-state index contributed by atoms with van der Waals surface area (Å²) >= 11 is 5.46. The third-order valence-corrected chi connectivity index (χ3v) is 3.77. The Morgan fingerprint density at radius 3 is 2.89 bits per heavy atom. The van der Waals surface area contributed by atoms with Crippen molar-refractivity contribution in [1.29, 1.82) is 0 Å². The maximum atomic E-state index is 11.9. The number of hydrogen-bond acceptors (Lipinski definition) is 5. The van der Waals surface area contributed by atoms with E-state index in [0.717, 1.165) is 5.69 Å². The molecule has 1 heterocycles. The highest BCUT2D eigenvalue weighted by atomic mass is 32.1. The topological polar surface area (TPSA) is 71.1 Å². The van der Waals surface area contributed by atoms with Crippen molar-refractivity contribution in [3.63, 3.8) is 0 Å². The van der Waals surface area contributed by atoms with Gasteiger partial charge in [-0.25, -0.2) is 4.98 Å². The number of carbonyl (C=O) groups is 2. The van der Waals surface area contributed by atoms with Gasteiger partial charge in [-0.3, -0.25) is 9.59 Å². The van der Waals surface area contributed by atoms with E-state index in [4.69, 9.17) is 0 Å². The van der Waals surface area contributed by atoms with Crippen LogP contribution in [0.15, 0.2) is 5.38 Å². The number of nitrogens with zero attached hydrogens (tertiary/aromatic N) is 1. The van der Waals surface area contributed by atoms with Crippen molar-refractivity contribution in [2.45, 2.75) is 31.7 Å². The zero-order valence-electron chi connectivity index (χ0n) is 9.97. The second-order valence-corrected chi connectivity index (χ2v) is 5.50. The Kier molecular flexibility index (Phi) is 4.23. The quantitative estimate of drug-likeness (QED) is 0.716. The monoisotopic (exact) mass is 285 g/mol. The highest BCUT2D eigenvalue weighted by Crippen LogP contribution is 2.40. The molecule has 1 aliphatic carbocycles. The molecule has 1 fully saturated rings. The van der Waals surface area contributed by atoms with Crippen LogP contribution < -0.4 is 10.6 Å². The number of nitrogens with one attached hydrogen (secondary N) is 2. The number of hydrogen-bond donors (Lipinski definition) is 3. The molecule has 1 aromatic rings. The predicted octanol–water partition coefficient (Wildman–Crippen LogP) is 1.39. The molecular weight excluding hydrogens is 270 g/mol. The average Bonchev–Trinajstić information content (AvgIpc) is 3.07. The van der Waals surface area contributed by atoms with Gasteiger partial charge in [0, 0.05) is 24.0 Å². The van der Waals surface area contributed by atoms with Gasteiger partial charge in [0.1, 0.15) is 6.04 Å². The van der Waals surface area contributed by atoms with Gasteiger partial charge in [-0.2, -0.15) is 12.6 Å². The van der Waals surface area contributed by atoms with Gasteiger partial charge in [-0.05, 0) is 12.8 Å². The normalized spacial score (nSPS) is 16.1. The molecule has 1 atom stereocenters. The van der Waals surface area contributed by atoms with Gasteiger partial charge in [0.25, 0.3) is 0 Å². The van der Waals surface area contributed by atoms with Crippen molar-refractivity contribution in [3.8, 4) is 0 Å². The molecule has 18 heavy (non-hydrogen) atoms. The summed E-state index contributed by atoms with van der Waals surface area (Å²) in [6, 6.07) is -0.626. The van der Waals surface area contributed by atoms with Crippen molar-refractivity contribution in [2.24, 2.45) is 0 Å². The Hall–Kier alpha value is -1.08. The van der Waals surface area contributed by atoms with E-state index in [1.807, 2.05) is 5.38 Å². The summed E-state index contributed by atoms with van der Waals surface area (Å²) in [4.78, 5) is 27.2. The van der Waals surface area contributed by atoms with Crippen molar-refractivity contribution in [2.75, 3.05) is 11.1 Å². The van der Waals surface area contributed by atoms with Crippen LogP contribution in [0.5, 0.6) is 0 Å². The maximum absolute atomic E-state index is 11.9. The third-order valence-electron chi connectivity index (χ3n) is 2.62. The zero-order valence-corrected chi connectivity index (χ0v) is 11.7. The van der Waals surface area contributed by atoms with Crippen LogP contribution in [-0.4, -0.2) is 28.6 Å². The number of amides is 2. The van der Waals surface area contributed by atoms with Crippen molar-refractivity contribution in [3.05, 3.63) is 11.1 Å². The summed E-state index contributed by atoms with van der Waals surface area (Å²) in [6.07, 6.45) is 2.37. The van der Waals surface area contributed by atoms with E-state index in [1.165, 1.54) is 31.1 Å². The van der Waals surface area contributed by atoms with Crippen LogP contribution in [0.1, 0.15) is 31.4 Å². The molecule has 1 aromatic heterocycles. The molecular formula is C11H15N3O2S2. The van der Waals surface area contributed by atoms with Gasteiger partial charge in [0.15, 0.2) is 5.13 Å². The SMILES string of the molecule is CC(=O)NC(CS)C(=O)Nc1nc(C2CC2)cs1. The molecule has 1 unspecified atom stereocenters. The van der Waals surface area contributed by atoms with E-state index in [9.17, 15) is 9.59 Å². The van der Waals surface area contributed by atoms with Crippen molar-refractivity contribution in [1.82, 2.24) is 10.3 Å². The Labute approximate surface area is 115 Å².